The third-order valence-corrected chi connectivity index (χ3v) is 3.66. The van der Waals surface area contributed by atoms with Crippen LogP contribution in [0, 0.1) is 11.3 Å². The maximum atomic E-state index is 13.7. The Bertz CT molecular complexity index is 167. The molecule has 2 unspecified atom stereocenters. The van der Waals surface area contributed by atoms with Gasteiger partial charge in [0.15, 0.2) is 0 Å². The fraction of sp³-hybridized carbons (Fsp3) is 1.00. The number of rotatable bonds is 2. The summed E-state index contributed by atoms with van der Waals surface area (Å²) in [7, 11) is 2.00. The summed E-state index contributed by atoms with van der Waals surface area (Å²) in [5.41, 5.74) is 0.167. The Morgan fingerprint density at radius 1 is 1.46 bits per heavy atom. The second-order valence-electron chi connectivity index (χ2n) is 5.02. The van der Waals surface area contributed by atoms with Crippen LogP contribution in [0.3, 0.4) is 0 Å². The molecule has 2 heteroatoms. The van der Waals surface area contributed by atoms with Gasteiger partial charge in [-0.05, 0) is 31.3 Å². The topological polar surface area (TPSA) is 3.24 Å². The molecule has 0 aliphatic carbocycles. The van der Waals surface area contributed by atoms with Crippen molar-refractivity contribution in [3.05, 3.63) is 0 Å². The Balaban J connectivity index is 2.60. The minimum atomic E-state index is -0.631. The summed E-state index contributed by atoms with van der Waals surface area (Å²) in [4.78, 5) is 2.09. The maximum absolute atomic E-state index is 13.7. The fourth-order valence-electron chi connectivity index (χ4n) is 2.20. The van der Waals surface area contributed by atoms with Crippen LogP contribution in [0.5, 0.6) is 0 Å². The summed E-state index contributed by atoms with van der Waals surface area (Å²) >= 11 is 0. The molecule has 1 saturated heterocycles. The highest BCUT2D eigenvalue weighted by Gasteiger charge is 2.37. The van der Waals surface area contributed by atoms with E-state index in [0.717, 1.165) is 19.4 Å². The Labute approximate surface area is 81.3 Å². The van der Waals surface area contributed by atoms with E-state index in [1.807, 2.05) is 7.05 Å². The number of hydrogen-bond acceptors (Lipinski definition) is 1. The van der Waals surface area contributed by atoms with Gasteiger partial charge in [-0.1, -0.05) is 27.2 Å². The highest BCUT2D eigenvalue weighted by Crippen LogP contribution is 2.38. The van der Waals surface area contributed by atoms with E-state index >= 15 is 0 Å². The molecular weight excluding hydrogens is 165 g/mol. The van der Waals surface area contributed by atoms with Crippen LogP contribution in [0.15, 0.2) is 0 Å². The molecule has 0 N–H and O–H groups in total. The van der Waals surface area contributed by atoms with Crippen molar-refractivity contribution in [3.63, 3.8) is 0 Å². The second-order valence-corrected chi connectivity index (χ2v) is 5.02. The minimum Gasteiger partial charge on any atom is -0.303 e. The standard InChI is InChI=1S/C11H22FN/c1-5-11(2,3)9-6-7-13(4)8-10(9)12/h9-10H,5-8H2,1-4H3. The molecule has 0 spiro atoms. The van der Waals surface area contributed by atoms with Gasteiger partial charge >= 0.3 is 0 Å². The Morgan fingerprint density at radius 2 is 2.08 bits per heavy atom. The molecule has 0 aromatic heterocycles. The number of piperidine rings is 1. The predicted molar refractivity (Wildman–Crippen MR) is 54.6 cm³/mol. The molecule has 1 rings (SSSR count). The summed E-state index contributed by atoms with van der Waals surface area (Å²) in [6.45, 7) is 8.21. The molecule has 1 heterocycles. The van der Waals surface area contributed by atoms with Gasteiger partial charge in [0.05, 0.1) is 0 Å². The molecule has 1 aliphatic heterocycles. The molecule has 1 nitrogen and oxygen atoms in total. The molecule has 0 radical (unpaired) electrons. The van der Waals surface area contributed by atoms with Crippen molar-refractivity contribution in [2.24, 2.45) is 11.3 Å². The molecule has 78 valence electrons. The molecule has 1 aliphatic rings. The molecule has 1 fully saturated rings. The molecule has 0 bridgehead atoms. The van der Waals surface area contributed by atoms with Crippen LogP contribution in [0.1, 0.15) is 33.6 Å². The molecule has 13 heavy (non-hydrogen) atoms. The molecule has 0 aromatic carbocycles. The number of hydrogen-bond donors (Lipinski definition) is 0. The first-order valence-corrected chi connectivity index (χ1v) is 5.30. The van der Waals surface area contributed by atoms with Gasteiger partial charge in [0.2, 0.25) is 0 Å². The zero-order chi connectivity index (χ0) is 10.1. The van der Waals surface area contributed by atoms with Gasteiger partial charge in [-0.15, -0.1) is 0 Å². The van der Waals surface area contributed by atoms with E-state index in [2.05, 4.69) is 25.7 Å². The zero-order valence-electron chi connectivity index (χ0n) is 9.31. The SMILES string of the molecule is CCC(C)(C)C1CCN(C)CC1F. The minimum absolute atomic E-state index is 0.167. The third kappa shape index (κ3) is 2.43. The highest BCUT2D eigenvalue weighted by molar-refractivity contribution is 4.87. The van der Waals surface area contributed by atoms with E-state index in [9.17, 15) is 4.39 Å². The molecular formula is C11H22FN. The van der Waals surface area contributed by atoms with E-state index in [4.69, 9.17) is 0 Å². The van der Waals surface area contributed by atoms with E-state index in [1.54, 1.807) is 0 Å². The molecule has 0 aromatic rings. The normalized spacial score (nSPS) is 32.1. The second kappa shape index (κ2) is 3.95. The van der Waals surface area contributed by atoms with Gasteiger partial charge in [0, 0.05) is 6.54 Å². The van der Waals surface area contributed by atoms with E-state index < -0.39 is 6.17 Å². The van der Waals surface area contributed by atoms with Gasteiger partial charge in [-0.2, -0.15) is 0 Å². The van der Waals surface area contributed by atoms with Crippen molar-refractivity contribution in [1.82, 2.24) is 4.90 Å². The summed E-state index contributed by atoms with van der Waals surface area (Å²) in [5.74, 6) is 0.258. The largest absolute Gasteiger partial charge is 0.303 e. The highest BCUT2D eigenvalue weighted by atomic mass is 19.1. The van der Waals surface area contributed by atoms with Crippen LogP contribution < -0.4 is 0 Å². The van der Waals surface area contributed by atoms with Gasteiger partial charge in [0.25, 0.3) is 0 Å². The van der Waals surface area contributed by atoms with Crippen LogP contribution >= 0.6 is 0 Å². The first-order valence-electron chi connectivity index (χ1n) is 5.30. The summed E-state index contributed by atoms with van der Waals surface area (Å²) in [5, 5.41) is 0. The Morgan fingerprint density at radius 3 is 2.54 bits per heavy atom. The Kier molecular flexibility index (Phi) is 3.33. The van der Waals surface area contributed by atoms with Crippen molar-refractivity contribution in [1.29, 1.82) is 0 Å². The number of halogens is 1. The smallest absolute Gasteiger partial charge is 0.116 e. The number of alkyl halides is 1. The lowest BCUT2D eigenvalue weighted by Crippen LogP contribution is -2.45. The van der Waals surface area contributed by atoms with Crippen molar-refractivity contribution in [3.8, 4) is 0 Å². The quantitative estimate of drug-likeness (QED) is 0.642. The van der Waals surface area contributed by atoms with Crippen LogP contribution in [0.25, 0.3) is 0 Å². The summed E-state index contributed by atoms with van der Waals surface area (Å²) in [6, 6.07) is 0. The van der Waals surface area contributed by atoms with Crippen LogP contribution in [-0.4, -0.2) is 31.2 Å². The monoisotopic (exact) mass is 187 g/mol. The molecule has 2 atom stereocenters. The number of likely N-dealkylation sites (tertiary alicyclic amines) is 1. The predicted octanol–water partition coefficient (Wildman–Crippen LogP) is 2.71. The lowest BCUT2D eigenvalue weighted by atomic mass is 9.71. The summed E-state index contributed by atoms with van der Waals surface area (Å²) < 4.78 is 13.7. The lowest BCUT2D eigenvalue weighted by molar-refractivity contribution is 0.0261. The van der Waals surface area contributed by atoms with Crippen molar-refractivity contribution < 1.29 is 4.39 Å². The van der Waals surface area contributed by atoms with Crippen LogP contribution in [-0.2, 0) is 0 Å². The van der Waals surface area contributed by atoms with Gasteiger partial charge in [-0.3, -0.25) is 0 Å². The maximum Gasteiger partial charge on any atom is 0.116 e. The third-order valence-electron chi connectivity index (χ3n) is 3.66. The van der Waals surface area contributed by atoms with Crippen LogP contribution in [0.2, 0.25) is 0 Å². The van der Waals surface area contributed by atoms with Gasteiger partial charge < -0.3 is 4.90 Å². The Hall–Kier alpha value is -0.110. The van der Waals surface area contributed by atoms with Crippen molar-refractivity contribution in [2.75, 3.05) is 20.1 Å². The van der Waals surface area contributed by atoms with Gasteiger partial charge in [-0.25, -0.2) is 4.39 Å². The average molecular weight is 187 g/mol. The summed E-state index contributed by atoms with van der Waals surface area (Å²) in [6.07, 6.45) is 1.45. The molecule has 0 amide bonds. The van der Waals surface area contributed by atoms with Crippen molar-refractivity contribution in [2.45, 2.75) is 39.8 Å². The molecule has 0 saturated carbocycles. The van der Waals surface area contributed by atoms with Crippen molar-refractivity contribution >= 4 is 0 Å². The first kappa shape index (κ1) is 11.0. The zero-order valence-corrected chi connectivity index (χ0v) is 9.31. The van der Waals surface area contributed by atoms with E-state index in [1.165, 1.54) is 0 Å². The van der Waals surface area contributed by atoms with Crippen LogP contribution in [0.4, 0.5) is 4.39 Å². The van der Waals surface area contributed by atoms with E-state index in [-0.39, 0.29) is 11.3 Å². The van der Waals surface area contributed by atoms with Gasteiger partial charge in [0.1, 0.15) is 6.17 Å². The number of nitrogens with zero attached hydrogens (tertiary/aromatic N) is 1. The van der Waals surface area contributed by atoms with E-state index in [0.29, 0.717) is 6.54 Å². The average Bonchev–Trinajstić information content (AvgIpc) is 2.03. The lowest BCUT2D eigenvalue weighted by Gasteiger charge is -2.41. The fourth-order valence-corrected chi connectivity index (χ4v) is 2.20. The first-order chi connectivity index (χ1) is 5.97.